The molecule has 7 heteroatoms. The molecular formula is C19H30N2O5. The molecule has 0 radical (unpaired) electrons. The third kappa shape index (κ3) is 7.84. The lowest BCUT2D eigenvalue weighted by Gasteiger charge is -2.26. The molecule has 0 unspecified atom stereocenters. The highest BCUT2D eigenvalue weighted by Gasteiger charge is 2.31. The molecule has 4 N–H and O–H groups in total. The number of hydrogen-bond acceptors (Lipinski definition) is 5. The number of aliphatic hydroxyl groups is 1. The van der Waals surface area contributed by atoms with Crippen molar-refractivity contribution in [3.63, 3.8) is 0 Å². The fourth-order valence-electron chi connectivity index (χ4n) is 2.76. The Bertz CT molecular complexity index is 544. The van der Waals surface area contributed by atoms with Crippen molar-refractivity contribution in [1.29, 1.82) is 0 Å². The number of likely N-dealkylation sites (N-methyl/N-ethyl adjacent to an activating group) is 1. The number of carbonyl (C=O) groups excluding carboxylic acids is 1. The molecule has 0 spiro atoms. The van der Waals surface area contributed by atoms with Gasteiger partial charge in [0.25, 0.3) is 0 Å². The van der Waals surface area contributed by atoms with Gasteiger partial charge in [-0.25, -0.2) is 9.59 Å². The Morgan fingerprint density at radius 1 is 1.23 bits per heavy atom. The van der Waals surface area contributed by atoms with E-state index in [0.717, 1.165) is 10.5 Å². The van der Waals surface area contributed by atoms with Gasteiger partial charge in [-0.3, -0.25) is 4.90 Å². The lowest BCUT2D eigenvalue weighted by molar-refractivity contribution is -0.146. The van der Waals surface area contributed by atoms with E-state index in [1.165, 1.54) is 46.1 Å². The Kier molecular flexibility index (Phi) is 9.69. The van der Waals surface area contributed by atoms with Crippen LogP contribution in [0.1, 0.15) is 44.6 Å². The van der Waals surface area contributed by atoms with Crippen molar-refractivity contribution >= 4 is 12.1 Å². The Morgan fingerprint density at radius 3 is 2.23 bits per heavy atom. The van der Waals surface area contributed by atoms with E-state index in [0.29, 0.717) is 6.04 Å². The first-order valence-electron chi connectivity index (χ1n) is 8.93. The van der Waals surface area contributed by atoms with Crippen LogP contribution in [0.5, 0.6) is 0 Å². The number of carbonyl (C=O) groups is 2. The summed E-state index contributed by atoms with van der Waals surface area (Å²) < 4.78 is 4.98. The van der Waals surface area contributed by atoms with Crippen LogP contribution in [-0.4, -0.2) is 52.4 Å². The number of rotatable bonds is 5. The summed E-state index contributed by atoms with van der Waals surface area (Å²) in [6, 6.07) is 8.24. The van der Waals surface area contributed by atoms with Gasteiger partial charge in [-0.05, 0) is 25.3 Å². The van der Waals surface area contributed by atoms with Crippen LogP contribution in [0.25, 0.3) is 0 Å². The average Bonchev–Trinajstić information content (AvgIpc) is 2.61. The molecule has 1 aliphatic rings. The molecule has 1 aliphatic carbocycles. The molecule has 0 saturated heterocycles. The molecule has 146 valence electrons. The molecule has 0 heterocycles. The summed E-state index contributed by atoms with van der Waals surface area (Å²) in [5, 5.41) is 18.3. The Hall–Kier alpha value is -2.12. The minimum Gasteiger partial charge on any atom is -0.480 e. The molecule has 0 aliphatic heterocycles. The number of amides is 1. The van der Waals surface area contributed by atoms with Gasteiger partial charge in [-0.2, -0.15) is 0 Å². The van der Waals surface area contributed by atoms with E-state index in [1.807, 2.05) is 18.2 Å². The van der Waals surface area contributed by atoms with Gasteiger partial charge < -0.3 is 20.7 Å². The molecule has 7 nitrogen and oxygen atoms in total. The molecule has 1 aromatic carbocycles. The van der Waals surface area contributed by atoms with Gasteiger partial charge in [0.15, 0.2) is 6.04 Å². The second-order valence-electron chi connectivity index (χ2n) is 6.57. The largest absolute Gasteiger partial charge is 0.480 e. The summed E-state index contributed by atoms with van der Waals surface area (Å²) in [5.41, 5.74) is 6.43. The van der Waals surface area contributed by atoms with Gasteiger partial charge in [0.2, 0.25) is 0 Å². The van der Waals surface area contributed by atoms with E-state index in [4.69, 9.17) is 15.6 Å². The van der Waals surface area contributed by atoms with E-state index < -0.39 is 24.2 Å². The van der Waals surface area contributed by atoms with Gasteiger partial charge in [0.1, 0.15) is 6.61 Å². The third-order valence-corrected chi connectivity index (χ3v) is 4.27. The predicted molar refractivity (Wildman–Crippen MR) is 98.6 cm³/mol. The van der Waals surface area contributed by atoms with Crippen molar-refractivity contribution in [2.45, 2.75) is 63.8 Å². The zero-order valence-corrected chi connectivity index (χ0v) is 15.5. The minimum atomic E-state index is -1.33. The fraction of sp³-hybridized carbons (Fsp3) is 0.579. The van der Waals surface area contributed by atoms with Crippen LogP contribution in [0, 0.1) is 0 Å². The smallest absolute Gasteiger partial charge is 0.410 e. The summed E-state index contributed by atoms with van der Waals surface area (Å²) in [4.78, 5) is 23.5. The quantitative estimate of drug-likeness (QED) is 0.737. The first-order valence-corrected chi connectivity index (χ1v) is 8.93. The van der Waals surface area contributed by atoms with Gasteiger partial charge >= 0.3 is 12.1 Å². The topological polar surface area (TPSA) is 113 Å². The summed E-state index contributed by atoms with van der Waals surface area (Å²) >= 11 is 0. The van der Waals surface area contributed by atoms with E-state index in [1.54, 1.807) is 12.1 Å². The Morgan fingerprint density at radius 2 is 1.81 bits per heavy atom. The van der Waals surface area contributed by atoms with Crippen LogP contribution in [0.4, 0.5) is 4.79 Å². The lowest BCUT2D eigenvalue weighted by atomic mass is 9.97. The first-order chi connectivity index (χ1) is 12.3. The van der Waals surface area contributed by atoms with E-state index in [2.05, 4.69) is 0 Å². The van der Waals surface area contributed by atoms with Crippen molar-refractivity contribution in [3.8, 4) is 0 Å². The van der Waals surface area contributed by atoms with E-state index in [-0.39, 0.29) is 6.61 Å². The second-order valence-corrected chi connectivity index (χ2v) is 6.57. The number of aliphatic hydroxyl groups excluding tert-OH is 1. The van der Waals surface area contributed by atoms with Gasteiger partial charge in [-0.15, -0.1) is 0 Å². The summed E-state index contributed by atoms with van der Waals surface area (Å²) in [6.45, 7) is 1.36. The van der Waals surface area contributed by atoms with Crippen LogP contribution in [0.15, 0.2) is 30.3 Å². The maximum Gasteiger partial charge on any atom is 0.410 e. The molecule has 2 atom stereocenters. The van der Waals surface area contributed by atoms with Gasteiger partial charge in [-0.1, -0.05) is 49.6 Å². The zero-order chi connectivity index (χ0) is 19.5. The summed E-state index contributed by atoms with van der Waals surface area (Å²) in [5.74, 6) is -1.28. The second kappa shape index (κ2) is 11.5. The summed E-state index contributed by atoms with van der Waals surface area (Å²) in [6.07, 6.45) is 4.68. The van der Waals surface area contributed by atoms with Crippen molar-refractivity contribution < 1.29 is 24.5 Å². The molecule has 2 rings (SSSR count). The van der Waals surface area contributed by atoms with Crippen LogP contribution < -0.4 is 5.73 Å². The highest BCUT2D eigenvalue weighted by Crippen LogP contribution is 2.14. The van der Waals surface area contributed by atoms with Crippen molar-refractivity contribution in [3.05, 3.63) is 35.9 Å². The number of carboxylic acids is 1. The van der Waals surface area contributed by atoms with Gasteiger partial charge in [0, 0.05) is 13.1 Å². The standard InChI is InChI=1S/C13H17NO5.C6H13N/c1-9(15)11(12(16)17)14(2)13(18)19-8-10-6-4-3-5-7-10;7-6-4-2-1-3-5-6/h3-7,9,11,15H,8H2,1-2H3,(H,16,17);6H,1-5,7H2/t9-,11+;/m1./s1. The molecule has 1 saturated carbocycles. The van der Waals surface area contributed by atoms with E-state index >= 15 is 0 Å². The summed E-state index contributed by atoms with van der Waals surface area (Å²) in [7, 11) is 1.28. The number of nitrogens with zero attached hydrogens (tertiary/aromatic N) is 1. The van der Waals surface area contributed by atoms with Crippen molar-refractivity contribution in [2.75, 3.05) is 7.05 Å². The number of ether oxygens (including phenoxy) is 1. The fourth-order valence-corrected chi connectivity index (χ4v) is 2.76. The third-order valence-electron chi connectivity index (χ3n) is 4.27. The number of hydrogen-bond donors (Lipinski definition) is 3. The monoisotopic (exact) mass is 366 g/mol. The molecule has 1 amide bonds. The maximum absolute atomic E-state index is 11.7. The van der Waals surface area contributed by atoms with Crippen molar-refractivity contribution in [1.82, 2.24) is 4.90 Å². The van der Waals surface area contributed by atoms with Crippen LogP contribution in [-0.2, 0) is 16.1 Å². The molecule has 0 bridgehead atoms. The normalized spacial score (nSPS) is 16.6. The number of nitrogens with two attached hydrogens (primary N) is 1. The number of carboxylic acid groups (broad SMARTS) is 1. The highest BCUT2D eigenvalue weighted by atomic mass is 16.6. The Balaban J connectivity index is 0.000000401. The van der Waals surface area contributed by atoms with Crippen molar-refractivity contribution in [2.24, 2.45) is 5.73 Å². The minimum absolute atomic E-state index is 0.0517. The first kappa shape index (κ1) is 21.9. The highest BCUT2D eigenvalue weighted by molar-refractivity contribution is 5.80. The molecule has 1 fully saturated rings. The van der Waals surface area contributed by atoms with Crippen LogP contribution in [0.3, 0.4) is 0 Å². The SMILES string of the molecule is C[C@@H](O)[C@@H](C(=O)O)N(C)C(=O)OCc1ccccc1.NC1CCCCC1. The Labute approximate surface area is 154 Å². The van der Waals surface area contributed by atoms with E-state index in [9.17, 15) is 14.7 Å². The molecular weight excluding hydrogens is 336 g/mol. The lowest BCUT2D eigenvalue weighted by Crippen LogP contribution is -2.48. The number of benzene rings is 1. The maximum atomic E-state index is 11.7. The number of aliphatic carboxylic acids is 1. The predicted octanol–water partition coefficient (Wildman–Crippen LogP) is 2.37. The van der Waals surface area contributed by atoms with Gasteiger partial charge in [0.05, 0.1) is 6.10 Å². The average molecular weight is 366 g/mol. The van der Waals surface area contributed by atoms with Crippen LogP contribution >= 0.6 is 0 Å². The van der Waals surface area contributed by atoms with Crippen LogP contribution in [0.2, 0.25) is 0 Å². The molecule has 1 aromatic rings. The zero-order valence-electron chi connectivity index (χ0n) is 15.5. The molecule has 0 aromatic heterocycles. The molecule has 26 heavy (non-hydrogen) atoms.